The number of hydrogen-bond donors (Lipinski definition) is 0. The van der Waals surface area contributed by atoms with Crippen LogP contribution in [0.15, 0.2) is 50.6 Å². The van der Waals surface area contributed by atoms with Crippen LogP contribution in [0.5, 0.6) is 5.75 Å². The molecule has 3 aliphatic rings. The van der Waals surface area contributed by atoms with E-state index >= 15 is 0 Å². The van der Waals surface area contributed by atoms with E-state index in [-0.39, 0.29) is 11.9 Å². The number of furan rings is 1. The predicted octanol–water partition coefficient (Wildman–Crippen LogP) is 3.92. The van der Waals surface area contributed by atoms with E-state index in [9.17, 15) is 4.79 Å². The largest absolute Gasteiger partial charge is 0.466 e. The van der Waals surface area contributed by atoms with Gasteiger partial charge in [-0.15, -0.1) is 0 Å². The average Bonchev–Trinajstić information content (AvgIpc) is 3.33. The number of piperidine rings is 1. The van der Waals surface area contributed by atoms with Gasteiger partial charge in [-0.1, -0.05) is 15.9 Å². The molecular formula is C20H20BrN3O3. The molecule has 6 nitrogen and oxygen atoms in total. The molecule has 1 fully saturated rings. The number of hydrogen-bond acceptors (Lipinski definition) is 5. The highest BCUT2D eigenvalue weighted by Gasteiger charge is 2.52. The minimum absolute atomic E-state index is 0.107. The first-order valence-corrected chi connectivity index (χ1v) is 10.00. The maximum absolute atomic E-state index is 11.8. The predicted molar refractivity (Wildman–Crippen MR) is 103 cm³/mol. The summed E-state index contributed by atoms with van der Waals surface area (Å²) < 4.78 is 13.2. The van der Waals surface area contributed by atoms with Crippen LogP contribution in [-0.4, -0.2) is 40.3 Å². The minimum Gasteiger partial charge on any atom is -0.466 e. The normalized spacial score (nSPS) is 22.9. The number of amides is 1. The van der Waals surface area contributed by atoms with E-state index in [4.69, 9.17) is 14.3 Å². The van der Waals surface area contributed by atoms with E-state index < -0.39 is 5.72 Å². The van der Waals surface area contributed by atoms with Crippen molar-refractivity contribution >= 4 is 27.5 Å². The Bertz CT molecular complexity index is 917. The number of likely N-dealkylation sites (tertiary alicyclic amines) is 1. The van der Waals surface area contributed by atoms with Crippen molar-refractivity contribution in [2.75, 3.05) is 13.1 Å². The highest BCUT2D eigenvalue weighted by atomic mass is 79.9. The zero-order valence-corrected chi connectivity index (χ0v) is 16.6. The number of hydrazone groups is 1. The van der Waals surface area contributed by atoms with Gasteiger partial charge in [0, 0.05) is 49.3 Å². The van der Waals surface area contributed by atoms with Crippen LogP contribution in [-0.2, 0) is 4.79 Å². The van der Waals surface area contributed by atoms with Crippen LogP contribution in [0.1, 0.15) is 43.6 Å². The van der Waals surface area contributed by atoms with E-state index in [1.54, 1.807) is 13.2 Å². The SMILES string of the molecule is CC(=O)N1CCC2(CC1)Oc1ccc(Br)cc1C1CC(c3ccco3)=NN12. The van der Waals surface area contributed by atoms with E-state index in [0.29, 0.717) is 13.1 Å². The van der Waals surface area contributed by atoms with Gasteiger partial charge in [-0.2, -0.15) is 5.10 Å². The van der Waals surface area contributed by atoms with Crippen molar-refractivity contribution in [2.45, 2.75) is 38.0 Å². The fourth-order valence-electron chi connectivity index (χ4n) is 4.35. The molecule has 1 spiro atoms. The first-order chi connectivity index (χ1) is 13.1. The molecule has 1 atom stereocenters. The maximum atomic E-state index is 11.8. The van der Waals surface area contributed by atoms with Crippen molar-refractivity contribution < 1.29 is 13.9 Å². The average molecular weight is 430 g/mol. The monoisotopic (exact) mass is 429 g/mol. The fourth-order valence-corrected chi connectivity index (χ4v) is 4.72. The molecule has 0 aliphatic carbocycles. The lowest BCUT2D eigenvalue weighted by Crippen LogP contribution is -2.59. The van der Waals surface area contributed by atoms with Gasteiger partial charge < -0.3 is 14.1 Å². The van der Waals surface area contributed by atoms with Crippen molar-refractivity contribution in [3.05, 3.63) is 52.4 Å². The number of ether oxygens (including phenoxy) is 1. The molecule has 0 radical (unpaired) electrons. The third kappa shape index (κ3) is 2.67. The Balaban J connectivity index is 1.56. The summed E-state index contributed by atoms with van der Waals surface area (Å²) in [7, 11) is 0. The van der Waals surface area contributed by atoms with Gasteiger partial charge in [0.1, 0.15) is 17.2 Å². The van der Waals surface area contributed by atoms with Crippen molar-refractivity contribution in [1.82, 2.24) is 9.91 Å². The van der Waals surface area contributed by atoms with Crippen LogP contribution in [0.4, 0.5) is 0 Å². The summed E-state index contributed by atoms with van der Waals surface area (Å²) in [6.07, 6.45) is 3.91. The van der Waals surface area contributed by atoms with Gasteiger partial charge in [0.2, 0.25) is 11.6 Å². The van der Waals surface area contributed by atoms with Crippen molar-refractivity contribution in [3.63, 3.8) is 0 Å². The summed E-state index contributed by atoms with van der Waals surface area (Å²) in [4.78, 5) is 13.7. The van der Waals surface area contributed by atoms with Crippen molar-refractivity contribution in [2.24, 2.45) is 5.10 Å². The topological polar surface area (TPSA) is 58.3 Å². The zero-order valence-electron chi connectivity index (χ0n) is 15.0. The minimum atomic E-state index is -0.522. The molecule has 5 rings (SSSR count). The van der Waals surface area contributed by atoms with E-state index in [0.717, 1.165) is 46.5 Å². The molecule has 3 aliphatic heterocycles. The molecule has 0 bridgehead atoms. The Morgan fingerprint density at radius 3 is 2.81 bits per heavy atom. The second kappa shape index (κ2) is 6.12. The Morgan fingerprint density at radius 2 is 2.11 bits per heavy atom. The van der Waals surface area contributed by atoms with Gasteiger partial charge >= 0.3 is 0 Å². The molecule has 1 aromatic carbocycles. The number of carbonyl (C=O) groups is 1. The first-order valence-electron chi connectivity index (χ1n) is 9.20. The summed E-state index contributed by atoms with van der Waals surface area (Å²) in [6.45, 7) is 2.98. The van der Waals surface area contributed by atoms with Gasteiger partial charge in [-0.25, -0.2) is 5.01 Å². The van der Waals surface area contributed by atoms with E-state index in [1.165, 1.54) is 0 Å². The molecular weight excluding hydrogens is 410 g/mol. The molecule has 2 aromatic rings. The molecule has 1 unspecified atom stereocenters. The Hall–Kier alpha value is -2.28. The van der Waals surface area contributed by atoms with Crippen LogP contribution < -0.4 is 4.74 Å². The first kappa shape index (κ1) is 16.9. The molecule has 1 amide bonds. The van der Waals surface area contributed by atoms with Crippen molar-refractivity contribution in [1.29, 1.82) is 0 Å². The second-order valence-electron chi connectivity index (χ2n) is 7.32. The highest BCUT2D eigenvalue weighted by molar-refractivity contribution is 9.10. The number of nitrogens with zero attached hydrogens (tertiary/aromatic N) is 3. The molecule has 7 heteroatoms. The molecule has 0 saturated carbocycles. The summed E-state index contributed by atoms with van der Waals surface area (Å²) in [5, 5.41) is 7.06. The van der Waals surface area contributed by atoms with Gasteiger partial charge in [-0.05, 0) is 30.3 Å². The summed E-state index contributed by atoms with van der Waals surface area (Å²) in [6, 6.07) is 10.1. The third-order valence-electron chi connectivity index (χ3n) is 5.75. The second-order valence-corrected chi connectivity index (χ2v) is 8.24. The highest BCUT2D eigenvalue weighted by Crippen LogP contribution is 2.50. The molecule has 1 saturated heterocycles. The van der Waals surface area contributed by atoms with E-state index in [2.05, 4.69) is 27.0 Å². The molecule has 140 valence electrons. The Kier molecular flexibility index (Phi) is 3.82. The number of benzene rings is 1. The summed E-state index contributed by atoms with van der Waals surface area (Å²) in [5.41, 5.74) is 1.55. The van der Waals surface area contributed by atoms with Gasteiger partial charge in [0.15, 0.2) is 0 Å². The third-order valence-corrected chi connectivity index (χ3v) is 6.25. The molecule has 1 aromatic heterocycles. The molecule has 0 N–H and O–H groups in total. The fraction of sp³-hybridized carbons (Fsp3) is 0.400. The number of rotatable bonds is 1. The van der Waals surface area contributed by atoms with Crippen molar-refractivity contribution in [3.8, 4) is 5.75 Å². The number of fused-ring (bicyclic) bond motifs is 4. The number of halogens is 1. The van der Waals surface area contributed by atoms with Crippen LogP contribution in [0.3, 0.4) is 0 Å². The zero-order chi connectivity index (χ0) is 18.6. The lowest BCUT2D eigenvalue weighted by Gasteiger charge is -2.51. The lowest BCUT2D eigenvalue weighted by molar-refractivity contribution is -0.158. The van der Waals surface area contributed by atoms with Gasteiger partial charge in [0.25, 0.3) is 0 Å². The smallest absolute Gasteiger partial charge is 0.219 e. The lowest BCUT2D eigenvalue weighted by atomic mass is 9.91. The van der Waals surface area contributed by atoms with Crippen LogP contribution >= 0.6 is 15.9 Å². The Morgan fingerprint density at radius 1 is 1.30 bits per heavy atom. The van der Waals surface area contributed by atoms with E-state index in [1.807, 2.05) is 29.2 Å². The standard InChI is InChI=1S/C20H20BrN3O3/c1-13(25)23-8-6-20(7-9-23)24-17(12-16(22-24)19-3-2-10-26-19)15-11-14(21)4-5-18(15)27-20/h2-5,10-11,17H,6-9,12H2,1H3. The Labute approximate surface area is 165 Å². The van der Waals surface area contributed by atoms with Crippen LogP contribution in [0.2, 0.25) is 0 Å². The summed E-state index contributed by atoms with van der Waals surface area (Å²) in [5.74, 6) is 1.83. The summed E-state index contributed by atoms with van der Waals surface area (Å²) >= 11 is 3.58. The van der Waals surface area contributed by atoms with Crippen LogP contribution in [0.25, 0.3) is 0 Å². The molecule has 4 heterocycles. The number of carbonyl (C=O) groups excluding carboxylic acids is 1. The van der Waals surface area contributed by atoms with Gasteiger partial charge in [-0.3, -0.25) is 4.79 Å². The quantitative estimate of drug-likeness (QED) is 0.688. The molecule has 27 heavy (non-hydrogen) atoms. The maximum Gasteiger partial charge on any atom is 0.219 e. The van der Waals surface area contributed by atoms with Crippen LogP contribution in [0, 0.1) is 0 Å². The van der Waals surface area contributed by atoms with Gasteiger partial charge in [0.05, 0.1) is 12.3 Å².